The molecule has 11 aromatic carbocycles. The highest BCUT2D eigenvalue weighted by Crippen LogP contribution is 2.56. The molecule has 0 spiro atoms. The molecule has 0 aromatic heterocycles. The van der Waals surface area contributed by atoms with Crippen LogP contribution in [0.3, 0.4) is 0 Å². The fourth-order valence-corrected chi connectivity index (χ4v) is 15.7. The topological polar surface area (TPSA) is 247 Å². The van der Waals surface area contributed by atoms with Crippen LogP contribution in [0.4, 0.5) is 0 Å². The molecule has 0 aliphatic carbocycles. The lowest BCUT2D eigenvalue weighted by Gasteiger charge is -2.29. The normalized spacial score (nSPS) is 15.8. The van der Waals surface area contributed by atoms with E-state index >= 15 is 0 Å². The molecule has 482 valence electrons. The van der Waals surface area contributed by atoms with Gasteiger partial charge in [-0.25, -0.2) is 9.59 Å². The average molecular weight is 1370 g/mol. The van der Waals surface area contributed by atoms with Gasteiger partial charge in [0.05, 0.1) is 32.3 Å². The van der Waals surface area contributed by atoms with Gasteiger partial charge in [-0.3, -0.25) is 23.3 Å². The lowest BCUT2D eigenvalue weighted by Crippen LogP contribution is -2.25. The van der Waals surface area contributed by atoms with Crippen molar-refractivity contribution in [3.8, 4) is 85.1 Å². The van der Waals surface area contributed by atoms with E-state index in [1.165, 1.54) is 103 Å². The van der Waals surface area contributed by atoms with Crippen molar-refractivity contribution in [2.75, 3.05) is 13.3 Å². The second kappa shape index (κ2) is 30.5. The summed E-state index contributed by atoms with van der Waals surface area (Å²) in [5.41, 5.74) is 6.64. The Hall–Kier alpha value is -10.4. The first-order valence-electron chi connectivity index (χ1n) is 28.1. The zero-order valence-electron chi connectivity index (χ0n) is 49.1. The SMILES string of the molecule is C.C.CP1(=O)Oc2ccccc2-c2ccccc21.CP1(=O)Oc2ccccc2-c2ccccc21.O=C(Cl)c1cccc(C(=O)Cl)c1.O=C(Oc1ccc(O)cc1)c1cccc(C(=O)Oc2ccc(O)cc2)c1.O=P1(c2cc(O)ccc2O)Oc2ccccc2-c2ccccc21. The number of phenolic OH excluding ortho intramolecular Hbond substituents is 4. The Morgan fingerprint density at radius 3 is 1.05 bits per heavy atom. The molecule has 11 aromatic rings. The monoisotopic (exact) mass is 1370 g/mol. The van der Waals surface area contributed by atoms with E-state index in [9.17, 15) is 53.3 Å². The van der Waals surface area contributed by atoms with E-state index in [0.29, 0.717) is 22.6 Å². The van der Waals surface area contributed by atoms with Gasteiger partial charge >= 0.3 is 19.3 Å². The van der Waals surface area contributed by atoms with Crippen LogP contribution in [0.25, 0.3) is 33.4 Å². The van der Waals surface area contributed by atoms with Gasteiger partial charge in [-0.1, -0.05) is 148 Å². The first kappa shape index (κ1) is 70.4. The number of aromatic hydroxyl groups is 4. The van der Waals surface area contributed by atoms with E-state index in [1.54, 1.807) is 49.7 Å². The molecule has 3 atom stereocenters. The zero-order chi connectivity index (χ0) is 66.0. The van der Waals surface area contributed by atoms with Crippen LogP contribution in [-0.4, -0.2) is 56.2 Å². The Morgan fingerprint density at radius 2 is 0.653 bits per heavy atom. The summed E-state index contributed by atoms with van der Waals surface area (Å²) >= 11 is 10.4. The van der Waals surface area contributed by atoms with Crippen molar-refractivity contribution in [1.82, 2.24) is 0 Å². The van der Waals surface area contributed by atoms with E-state index in [-0.39, 0.29) is 76.9 Å². The fourth-order valence-electron chi connectivity index (χ4n) is 9.86. The van der Waals surface area contributed by atoms with Crippen LogP contribution >= 0.6 is 45.3 Å². The van der Waals surface area contributed by atoms with Crippen molar-refractivity contribution in [2.45, 2.75) is 14.9 Å². The molecule has 3 heterocycles. The molecule has 0 saturated carbocycles. The maximum atomic E-state index is 13.7. The largest absolute Gasteiger partial charge is 0.508 e. The van der Waals surface area contributed by atoms with Crippen LogP contribution in [0.1, 0.15) is 56.3 Å². The minimum absolute atomic E-state index is 0. The van der Waals surface area contributed by atoms with Gasteiger partial charge in [0.25, 0.3) is 25.2 Å². The minimum Gasteiger partial charge on any atom is -0.508 e. The maximum absolute atomic E-state index is 13.7. The van der Waals surface area contributed by atoms with E-state index in [2.05, 4.69) is 0 Å². The first-order chi connectivity index (χ1) is 44.6. The predicted molar refractivity (Wildman–Crippen MR) is 373 cm³/mol. The quantitative estimate of drug-likeness (QED) is 0.0381. The van der Waals surface area contributed by atoms with Gasteiger partial charge in [0.15, 0.2) is 0 Å². The number of carbonyl (C=O) groups excluding carboxylic acids is 4. The van der Waals surface area contributed by atoms with Crippen molar-refractivity contribution in [3.05, 3.63) is 283 Å². The number of ether oxygens (including phenoxy) is 2. The fraction of sp³-hybridized carbons (Fsp3) is 0.0541. The summed E-state index contributed by atoms with van der Waals surface area (Å²) in [6, 6.07) is 72.7. The highest BCUT2D eigenvalue weighted by atomic mass is 35.5. The van der Waals surface area contributed by atoms with Gasteiger partial charge in [-0.2, -0.15) is 0 Å². The molecule has 0 amide bonds. The molecule has 3 aliphatic heterocycles. The number of halogens is 2. The third-order valence-electron chi connectivity index (χ3n) is 14.2. The molecule has 3 unspecified atom stereocenters. The van der Waals surface area contributed by atoms with Gasteiger partial charge in [-0.05, 0) is 167 Å². The van der Waals surface area contributed by atoms with Crippen molar-refractivity contribution in [3.63, 3.8) is 0 Å². The summed E-state index contributed by atoms with van der Waals surface area (Å²) in [7, 11) is -8.98. The first-order valence-corrected chi connectivity index (χ1v) is 34.7. The third-order valence-corrected chi connectivity index (χ3v) is 20.8. The number of phenols is 4. The molecule has 0 radical (unpaired) electrons. The van der Waals surface area contributed by atoms with Crippen LogP contribution < -0.4 is 44.3 Å². The van der Waals surface area contributed by atoms with E-state index < -0.39 is 44.5 Å². The Labute approximate surface area is 558 Å². The molecular weight excluding hydrogens is 1310 g/mol. The molecule has 0 saturated heterocycles. The van der Waals surface area contributed by atoms with Crippen LogP contribution in [0.2, 0.25) is 0 Å². The van der Waals surface area contributed by atoms with Crippen molar-refractivity contribution in [1.29, 1.82) is 0 Å². The van der Waals surface area contributed by atoms with Crippen LogP contribution in [0.5, 0.6) is 51.7 Å². The summed E-state index contributed by atoms with van der Waals surface area (Å²) in [4.78, 5) is 45.7. The van der Waals surface area contributed by atoms with Gasteiger partial charge in [0.1, 0.15) is 51.7 Å². The maximum Gasteiger partial charge on any atom is 0.343 e. The zero-order valence-corrected chi connectivity index (χ0v) is 53.3. The van der Waals surface area contributed by atoms with Crippen molar-refractivity contribution >= 4 is 88.9 Å². The summed E-state index contributed by atoms with van der Waals surface area (Å²) in [5, 5.41) is 39.4. The van der Waals surface area contributed by atoms with Gasteiger partial charge in [-0.15, -0.1) is 0 Å². The lowest BCUT2D eigenvalue weighted by atomic mass is 10.0. The van der Waals surface area contributed by atoms with Crippen LogP contribution in [0, 0.1) is 0 Å². The number of rotatable bonds is 7. The number of hydrogen-bond acceptors (Lipinski definition) is 16. The highest BCUT2D eigenvalue weighted by molar-refractivity contribution is 7.75. The van der Waals surface area contributed by atoms with Crippen LogP contribution in [-0.2, 0) is 13.7 Å². The Balaban J connectivity index is 0.000000155. The molecular formula is C74H61Cl2O16P3. The minimum atomic E-state index is -3.56. The van der Waals surface area contributed by atoms with E-state index in [4.69, 9.17) is 46.2 Å². The van der Waals surface area contributed by atoms with E-state index in [0.717, 1.165) is 44.0 Å². The lowest BCUT2D eigenvalue weighted by molar-refractivity contribution is 0.0733. The van der Waals surface area contributed by atoms with Gasteiger partial charge < -0.3 is 43.5 Å². The standard InChI is InChI=1S/C20H14O6.C18H13O4P.2C13H11O2P.C8H4Cl2O2.2CH4/c21-15-4-8-17(9-5-15)25-19(23)13-2-1-3-14(12-13)20(24)26-18-10-6-16(22)7-11-18;19-12-9-10-15(20)18(11-12)23(21)17-8-4-2-6-14(17)13-5-1-3-7-16(13)22-23;2*1-16(14)13-9-5-3-7-11(13)10-6-2-4-8-12(10)15-16;9-7(11)5-2-1-3-6(4-5)8(10)12;;/h1-12,21-22H;1-11,19-20H;2*2-9H,1H3;1-4H;2*1H4. The Morgan fingerprint density at radius 1 is 0.337 bits per heavy atom. The number of fused-ring (bicyclic) bond motifs is 9. The molecule has 0 fully saturated rings. The third kappa shape index (κ3) is 16.5. The molecule has 16 nitrogen and oxygen atoms in total. The van der Waals surface area contributed by atoms with Gasteiger partial charge in [0.2, 0.25) is 0 Å². The predicted octanol–water partition coefficient (Wildman–Crippen LogP) is 17.2. The van der Waals surface area contributed by atoms with Crippen molar-refractivity contribution < 1.29 is 76.3 Å². The molecule has 95 heavy (non-hydrogen) atoms. The van der Waals surface area contributed by atoms with E-state index in [1.807, 2.05) is 121 Å². The summed E-state index contributed by atoms with van der Waals surface area (Å²) in [6.07, 6.45) is 0. The molecule has 21 heteroatoms. The summed E-state index contributed by atoms with van der Waals surface area (Å²) < 4.78 is 65.9. The second-order valence-corrected chi connectivity index (χ2v) is 28.4. The number of carbonyl (C=O) groups is 4. The second-order valence-electron chi connectivity index (χ2n) is 20.7. The van der Waals surface area contributed by atoms with Crippen LogP contribution in [0.15, 0.2) is 261 Å². The summed E-state index contributed by atoms with van der Waals surface area (Å²) in [5.74, 6) is 1.05. The number of para-hydroxylation sites is 3. The smallest absolute Gasteiger partial charge is 0.343 e. The number of hydrogen-bond donors (Lipinski definition) is 4. The highest BCUT2D eigenvalue weighted by Gasteiger charge is 2.40. The average Bonchev–Trinajstić information content (AvgIpc) is 0.743. The number of esters is 2. The van der Waals surface area contributed by atoms with Gasteiger partial charge in [0, 0.05) is 41.1 Å². The number of benzene rings is 11. The Bertz CT molecular complexity index is 4590. The summed E-state index contributed by atoms with van der Waals surface area (Å²) in [6.45, 7) is 3.34. The molecule has 14 rings (SSSR count). The Kier molecular flexibility index (Phi) is 22.7. The molecule has 4 N–H and O–H groups in total. The molecule has 0 bridgehead atoms. The van der Waals surface area contributed by atoms with Crippen molar-refractivity contribution in [2.24, 2.45) is 0 Å². The molecule has 3 aliphatic rings.